The number of carbonyl (C=O) groups is 4. The molecule has 0 radical (unpaired) electrons. The minimum absolute atomic E-state index is 0.0153. The number of hydrogen-bond acceptors (Lipinski definition) is 10. The number of Topliss-reactive ketones (excluding diaryl/α,β-unsaturated/α-hetero) is 2. The van der Waals surface area contributed by atoms with E-state index in [2.05, 4.69) is 5.32 Å². The highest BCUT2D eigenvalue weighted by Crippen LogP contribution is 2.53. The topological polar surface area (TPSA) is 204 Å². The molecule has 12 nitrogen and oxygen atoms in total. The zero-order valence-corrected chi connectivity index (χ0v) is 23.7. The van der Waals surface area contributed by atoms with Gasteiger partial charge in [-0.1, -0.05) is 18.2 Å². The van der Waals surface area contributed by atoms with Crippen LogP contribution in [-0.2, 0) is 16.0 Å². The lowest BCUT2D eigenvalue weighted by molar-refractivity contribution is -0.148. The average molecular weight is 600 g/mol. The van der Waals surface area contributed by atoms with Gasteiger partial charge in [-0.3, -0.25) is 24.1 Å². The monoisotopic (exact) mass is 599 g/mol. The van der Waals surface area contributed by atoms with Crippen molar-refractivity contribution >= 4 is 29.1 Å². The van der Waals surface area contributed by atoms with Gasteiger partial charge in [0.25, 0.3) is 11.8 Å². The Morgan fingerprint density at radius 3 is 2.36 bits per heavy atom. The number of fused-ring (bicyclic) bond motifs is 3. The van der Waals surface area contributed by atoms with E-state index in [4.69, 9.17) is 10.2 Å². The fraction of sp³-hybridized carbons (Fsp3) is 0.250. The molecule has 0 saturated heterocycles. The van der Waals surface area contributed by atoms with Crippen LogP contribution in [0.3, 0.4) is 0 Å². The third-order valence-electron chi connectivity index (χ3n) is 8.80. The Balaban J connectivity index is 1.41. The molecule has 226 valence electrons. The van der Waals surface area contributed by atoms with Crippen LogP contribution in [-0.4, -0.2) is 74.4 Å². The molecule has 7 N–H and O–H groups in total. The van der Waals surface area contributed by atoms with Gasteiger partial charge in [-0.2, -0.15) is 0 Å². The summed E-state index contributed by atoms with van der Waals surface area (Å²) in [7, 11) is 3.15. The number of aliphatic hydroxyl groups is 3. The maximum atomic E-state index is 14.0. The van der Waals surface area contributed by atoms with Crippen molar-refractivity contribution in [2.45, 2.75) is 24.5 Å². The van der Waals surface area contributed by atoms with E-state index in [-0.39, 0.29) is 35.5 Å². The summed E-state index contributed by atoms with van der Waals surface area (Å²) < 4.78 is 5.12. The quantitative estimate of drug-likeness (QED) is 0.237. The second kappa shape index (κ2) is 10.2. The number of nitrogens with one attached hydrogen (secondary N) is 1. The summed E-state index contributed by atoms with van der Waals surface area (Å²) in [6, 6.07) is 11.9. The van der Waals surface area contributed by atoms with E-state index in [0.29, 0.717) is 22.4 Å². The van der Waals surface area contributed by atoms with Crippen molar-refractivity contribution in [2.24, 2.45) is 17.6 Å². The van der Waals surface area contributed by atoms with Crippen LogP contribution in [0.5, 0.6) is 5.75 Å². The maximum absolute atomic E-state index is 14.0. The molecule has 6 rings (SSSR count). The number of ketones is 2. The third kappa shape index (κ3) is 4.13. The number of allylic oxidation sites excluding steroid dienone is 1. The van der Waals surface area contributed by atoms with E-state index in [1.54, 1.807) is 50.5 Å². The first-order valence-corrected chi connectivity index (χ1v) is 13.8. The number of primary amides is 1. The lowest BCUT2D eigenvalue weighted by Gasteiger charge is -2.50. The van der Waals surface area contributed by atoms with Crippen molar-refractivity contribution < 1.29 is 44.0 Å². The molecule has 0 aliphatic heterocycles. The second-order valence-corrected chi connectivity index (χ2v) is 11.5. The highest BCUT2D eigenvalue weighted by Gasteiger charge is 2.63. The van der Waals surface area contributed by atoms with Gasteiger partial charge >= 0.3 is 0 Å². The van der Waals surface area contributed by atoms with E-state index < -0.39 is 64.0 Å². The number of phenolic OH excluding ortho intramolecular Hbond substituents is 1. The average Bonchev–Trinajstić information content (AvgIpc) is 3.51. The van der Waals surface area contributed by atoms with Gasteiger partial charge in [-0.05, 0) is 79.9 Å². The lowest BCUT2D eigenvalue weighted by atomic mass is 9.58. The fourth-order valence-electron chi connectivity index (χ4n) is 6.85. The SMILES string of the molecule is CN(C)C1C(O)=C(C(N)=O)C(=O)C2(O)C(O)=C3C(=O)c4c(O)ccc(-c5ccc(NC(=O)c6ccco6)cc5)c4CC3CC12. The molecular weight excluding hydrogens is 570 g/mol. The first-order valence-electron chi connectivity index (χ1n) is 13.8. The van der Waals surface area contributed by atoms with Gasteiger partial charge in [-0.25, -0.2) is 0 Å². The fourth-order valence-corrected chi connectivity index (χ4v) is 6.85. The minimum atomic E-state index is -2.70. The number of carbonyl (C=O) groups excluding carboxylic acids is 4. The molecule has 1 heterocycles. The predicted octanol–water partition coefficient (Wildman–Crippen LogP) is 2.63. The standard InChI is InChI=1S/C32H29N3O9/c1-35(2)25-19-13-15-12-18-17(14-5-7-16(8-6-14)34-31(42)21-4-3-11-44-21)9-10-20(36)23(18)26(37)22(15)28(39)32(19,43)29(40)24(27(25)38)30(33)41/h3-11,15,19,25,36,38-39,43H,12-13H2,1-2H3,(H2,33,41)(H,34,42). The van der Waals surface area contributed by atoms with Gasteiger partial charge in [-0.15, -0.1) is 0 Å². The van der Waals surface area contributed by atoms with Gasteiger partial charge in [0.15, 0.2) is 17.1 Å². The third-order valence-corrected chi connectivity index (χ3v) is 8.80. The second-order valence-electron chi connectivity index (χ2n) is 11.5. The van der Waals surface area contributed by atoms with Crippen molar-refractivity contribution in [2.75, 3.05) is 19.4 Å². The molecular formula is C32H29N3O9. The summed E-state index contributed by atoms with van der Waals surface area (Å²) in [5.41, 5.74) is 3.81. The molecule has 3 aliphatic rings. The van der Waals surface area contributed by atoms with Gasteiger partial charge in [0, 0.05) is 17.2 Å². The largest absolute Gasteiger partial charge is 0.510 e. The minimum Gasteiger partial charge on any atom is -0.510 e. The first-order chi connectivity index (χ1) is 20.9. The highest BCUT2D eigenvalue weighted by atomic mass is 16.4. The molecule has 2 amide bonds. The summed E-state index contributed by atoms with van der Waals surface area (Å²) >= 11 is 0. The van der Waals surface area contributed by atoms with Crippen molar-refractivity contribution in [1.82, 2.24) is 4.90 Å². The molecule has 3 aromatic rings. The van der Waals surface area contributed by atoms with E-state index in [0.717, 1.165) is 0 Å². The molecule has 3 aliphatic carbocycles. The predicted molar refractivity (Wildman–Crippen MR) is 156 cm³/mol. The Bertz CT molecular complexity index is 1800. The van der Waals surface area contributed by atoms with Gasteiger partial charge in [0.05, 0.1) is 17.9 Å². The number of rotatable bonds is 5. The molecule has 1 aromatic heterocycles. The molecule has 12 heteroatoms. The number of amides is 2. The summed E-state index contributed by atoms with van der Waals surface area (Å²) in [4.78, 5) is 53.4. The van der Waals surface area contributed by atoms with E-state index >= 15 is 0 Å². The van der Waals surface area contributed by atoms with Crippen LogP contribution in [0.25, 0.3) is 11.1 Å². The first kappa shape index (κ1) is 28.9. The van der Waals surface area contributed by atoms with E-state index in [1.165, 1.54) is 23.3 Å². The van der Waals surface area contributed by atoms with Crippen LogP contribution in [0.15, 0.2) is 81.9 Å². The molecule has 0 saturated carbocycles. The smallest absolute Gasteiger partial charge is 0.291 e. The van der Waals surface area contributed by atoms with Crippen LogP contribution in [0.4, 0.5) is 5.69 Å². The summed E-state index contributed by atoms with van der Waals surface area (Å²) in [5, 5.41) is 47.7. The molecule has 4 unspecified atom stereocenters. The molecule has 0 fully saturated rings. The Morgan fingerprint density at radius 2 is 1.75 bits per heavy atom. The Hall–Kier alpha value is -5.20. The molecule has 0 bridgehead atoms. The lowest BCUT2D eigenvalue weighted by Crippen LogP contribution is -2.63. The Labute approximate surface area is 250 Å². The van der Waals surface area contributed by atoms with Gasteiger partial charge in [0.2, 0.25) is 5.78 Å². The maximum Gasteiger partial charge on any atom is 0.291 e. The number of benzene rings is 2. The van der Waals surface area contributed by atoms with E-state index in [9.17, 15) is 39.6 Å². The Morgan fingerprint density at radius 1 is 1.05 bits per heavy atom. The number of nitrogens with two attached hydrogens (primary N) is 1. The number of likely N-dealkylation sites (N-methyl/N-ethyl adjacent to an activating group) is 1. The summed E-state index contributed by atoms with van der Waals surface area (Å²) in [6.45, 7) is 0. The normalized spacial score (nSPS) is 24.6. The number of aromatic hydroxyl groups is 1. The number of furan rings is 1. The van der Waals surface area contributed by atoms with Gasteiger partial charge in [0.1, 0.15) is 22.8 Å². The van der Waals surface area contributed by atoms with Crippen molar-refractivity contribution in [1.29, 1.82) is 0 Å². The van der Waals surface area contributed by atoms with Crippen LogP contribution < -0.4 is 11.1 Å². The van der Waals surface area contributed by atoms with Crippen LogP contribution in [0.1, 0.15) is 32.9 Å². The van der Waals surface area contributed by atoms with Crippen molar-refractivity contribution in [3.63, 3.8) is 0 Å². The number of anilines is 1. The van der Waals surface area contributed by atoms with Crippen molar-refractivity contribution in [3.8, 4) is 16.9 Å². The number of aliphatic hydroxyl groups excluding tert-OH is 2. The molecule has 4 atom stereocenters. The van der Waals surface area contributed by atoms with Crippen LogP contribution >= 0.6 is 0 Å². The van der Waals surface area contributed by atoms with Crippen LogP contribution in [0.2, 0.25) is 0 Å². The Kier molecular flexibility index (Phi) is 6.71. The summed E-state index contributed by atoms with van der Waals surface area (Å²) in [5.74, 6) is -7.32. The molecule has 44 heavy (non-hydrogen) atoms. The summed E-state index contributed by atoms with van der Waals surface area (Å²) in [6.07, 6.45) is 1.53. The van der Waals surface area contributed by atoms with Crippen LogP contribution in [0, 0.1) is 11.8 Å². The molecule has 0 spiro atoms. The van der Waals surface area contributed by atoms with Crippen molar-refractivity contribution in [3.05, 3.63) is 94.3 Å². The number of nitrogens with zero attached hydrogens (tertiary/aromatic N) is 1. The number of phenols is 1. The molecule has 2 aromatic carbocycles. The highest BCUT2D eigenvalue weighted by molar-refractivity contribution is 6.25. The zero-order chi connectivity index (χ0) is 31.7. The van der Waals surface area contributed by atoms with Gasteiger partial charge < -0.3 is 35.9 Å². The zero-order valence-electron chi connectivity index (χ0n) is 23.7. The number of hydrogen-bond donors (Lipinski definition) is 6. The van der Waals surface area contributed by atoms with E-state index in [1.807, 2.05) is 0 Å².